The van der Waals surface area contributed by atoms with E-state index in [0.29, 0.717) is 12.8 Å². The Morgan fingerprint density at radius 3 is 2.54 bits per heavy atom. The van der Waals surface area contributed by atoms with Crippen molar-refractivity contribution in [3.8, 4) is 0 Å². The fourth-order valence-electron chi connectivity index (χ4n) is 2.60. The minimum Gasteiger partial charge on any atom is -0.444 e. The quantitative estimate of drug-likeness (QED) is 0.540. The van der Waals surface area contributed by atoms with Gasteiger partial charge in [-0.25, -0.2) is 9.59 Å². The van der Waals surface area contributed by atoms with Gasteiger partial charge in [-0.15, -0.1) is 0 Å². The summed E-state index contributed by atoms with van der Waals surface area (Å²) in [4.78, 5) is 37.4. The molecule has 1 unspecified atom stereocenters. The van der Waals surface area contributed by atoms with Crippen molar-refractivity contribution in [1.29, 1.82) is 5.41 Å². The molecular weight excluding hydrogens is 364 g/mol. The van der Waals surface area contributed by atoms with Crippen LogP contribution in [0.1, 0.15) is 39.2 Å². The van der Waals surface area contributed by atoms with Crippen LogP contribution in [0.15, 0.2) is 30.3 Å². The molecule has 3 N–H and O–H groups in total. The van der Waals surface area contributed by atoms with Crippen molar-refractivity contribution in [2.24, 2.45) is 0 Å². The molecule has 1 aromatic carbocycles. The van der Waals surface area contributed by atoms with Crippen LogP contribution in [0.3, 0.4) is 0 Å². The first-order valence-electron chi connectivity index (χ1n) is 9.03. The molecule has 1 atom stereocenters. The van der Waals surface area contributed by atoms with E-state index in [0.717, 1.165) is 10.5 Å². The van der Waals surface area contributed by atoms with Gasteiger partial charge < -0.3 is 14.8 Å². The number of alkyl carbamates (subject to hydrolysis) is 2. The molecule has 3 amide bonds. The summed E-state index contributed by atoms with van der Waals surface area (Å²) in [5, 5.41) is 12.8. The number of nitrogens with zero attached hydrogens (tertiary/aromatic N) is 1. The number of piperidine rings is 1. The maximum absolute atomic E-state index is 12.6. The van der Waals surface area contributed by atoms with E-state index in [9.17, 15) is 14.4 Å². The Hall–Kier alpha value is -3.10. The van der Waals surface area contributed by atoms with Crippen LogP contribution in [0.5, 0.6) is 0 Å². The van der Waals surface area contributed by atoms with Crippen molar-refractivity contribution in [3.05, 3.63) is 35.9 Å². The molecule has 0 bridgehead atoms. The van der Waals surface area contributed by atoms with E-state index in [-0.39, 0.29) is 13.2 Å². The number of hydrogen-bond acceptors (Lipinski definition) is 6. The molecule has 1 aliphatic rings. The molecule has 0 aromatic heterocycles. The van der Waals surface area contributed by atoms with Gasteiger partial charge in [0.05, 0.1) is 0 Å². The molecule has 1 aliphatic heterocycles. The van der Waals surface area contributed by atoms with Gasteiger partial charge in [0.25, 0.3) is 5.91 Å². The largest absolute Gasteiger partial charge is 0.444 e. The highest BCUT2D eigenvalue weighted by atomic mass is 16.6. The molecule has 152 valence electrons. The van der Waals surface area contributed by atoms with Crippen molar-refractivity contribution >= 4 is 24.1 Å². The third kappa shape index (κ3) is 6.57. The molecule has 28 heavy (non-hydrogen) atoms. The SMILES string of the molecule is CC(C)(C)OC(=O)NC1CCCN(C(=N)NC(=O)OCc2ccccc2)C1=O. The van der Waals surface area contributed by atoms with E-state index in [2.05, 4.69) is 10.6 Å². The van der Waals surface area contributed by atoms with Crippen LogP contribution in [-0.2, 0) is 20.9 Å². The number of carbonyl (C=O) groups is 3. The molecule has 9 nitrogen and oxygen atoms in total. The fraction of sp³-hybridized carbons (Fsp3) is 0.474. The molecule has 0 aliphatic carbocycles. The topological polar surface area (TPSA) is 121 Å². The molecular formula is C19H26N4O5. The van der Waals surface area contributed by atoms with Gasteiger partial charge in [-0.3, -0.25) is 20.4 Å². The van der Waals surface area contributed by atoms with Crippen molar-refractivity contribution in [3.63, 3.8) is 0 Å². The maximum atomic E-state index is 12.6. The molecule has 1 aromatic rings. The predicted molar refractivity (Wildman–Crippen MR) is 102 cm³/mol. The van der Waals surface area contributed by atoms with E-state index in [4.69, 9.17) is 14.9 Å². The summed E-state index contributed by atoms with van der Waals surface area (Å²) in [6.07, 6.45) is -0.534. The van der Waals surface area contributed by atoms with Crippen LogP contribution in [0.25, 0.3) is 0 Å². The molecule has 0 spiro atoms. The predicted octanol–water partition coefficient (Wildman–Crippen LogP) is 2.36. The van der Waals surface area contributed by atoms with Gasteiger partial charge in [0.15, 0.2) is 0 Å². The second-order valence-electron chi connectivity index (χ2n) is 7.37. The van der Waals surface area contributed by atoms with Gasteiger partial charge in [-0.2, -0.15) is 0 Å². The van der Waals surface area contributed by atoms with Crippen molar-refractivity contribution in [2.45, 2.75) is 51.9 Å². The summed E-state index contributed by atoms with van der Waals surface area (Å²) in [6, 6.07) is 8.29. The summed E-state index contributed by atoms with van der Waals surface area (Å²) in [5.74, 6) is -0.871. The second-order valence-corrected chi connectivity index (χ2v) is 7.37. The first kappa shape index (κ1) is 21.2. The Labute approximate surface area is 163 Å². The number of likely N-dealkylation sites (tertiary alicyclic amines) is 1. The van der Waals surface area contributed by atoms with Gasteiger partial charge >= 0.3 is 12.2 Å². The molecule has 1 heterocycles. The Balaban J connectivity index is 1.85. The minimum atomic E-state index is -0.830. The third-order valence-electron chi connectivity index (χ3n) is 3.83. The average molecular weight is 390 g/mol. The molecule has 0 radical (unpaired) electrons. The smallest absolute Gasteiger partial charge is 0.414 e. The summed E-state index contributed by atoms with van der Waals surface area (Å²) in [7, 11) is 0. The average Bonchev–Trinajstić information content (AvgIpc) is 2.61. The highest BCUT2D eigenvalue weighted by Crippen LogP contribution is 2.13. The van der Waals surface area contributed by atoms with Gasteiger partial charge in [-0.1, -0.05) is 30.3 Å². The Bertz CT molecular complexity index is 730. The van der Waals surface area contributed by atoms with E-state index >= 15 is 0 Å². The number of rotatable bonds is 3. The fourth-order valence-corrected chi connectivity index (χ4v) is 2.60. The van der Waals surface area contributed by atoms with E-state index in [1.165, 1.54) is 0 Å². The van der Waals surface area contributed by atoms with E-state index < -0.39 is 35.7 Å². The Morgan fingerprint density at radius 2 is 1.89 bits per heavy atom. The number of hydrogen-bond donors (Lipinski definition) is 3. The van der Waals surface area contributed by atoms with Gasteiger partial charge in [0.1, 0.15) is 18.2 Å². The summed E-state index contributed by atoms with van der Waals surface area (Å²) < 4.78 is 10.2. The molecule has 0 saturated carbocycles. The Morgan fingerprint density at radius 1 is 1.21 bits per heavy atom. The molecule has 2 rings (SSSR count). The number of guanidine groups is 1. The first-order chi connectivity index (χ1) is 13.2. The Kier molecular flexibility index (Phi) is 6.97. The molecule has 9 heteroatoms. The van der Waals surface area contributed by atoms with Crippen molar-refractivity contribution < 1.29 is 23.9 Å². The zero-order chi connectivity index (χ0) is 20.7. The third-order valence-corrected chi connectivity index (χ3v) is 3.83. The monoisotopic (exact) mass is 390 g/mol. The van der Waals surface area contributed by atoms with Crippen LogP contribution >= 0.6 is 0 Å². The van der Waals surface area contributed by atoms with Crippen LogP contribution in [-0.4, -0.2) is 47.1 Å². The number of amides is 3. The lowest BCUT2D eigenvalue weighted by Crippen LogP contribution is -2.57. The van der Waals surface area contributed by atoms with Crippen molar-refractivity contribution in [1.82, 2.24) is 15.5 Å². The maximum Gasteiger partial charge on any atom is 0.414 e. The highest BCUT2D eigenvalue weighted by Gasteiger charge is 2.33. The van der Waals surface area contributed by atoms with Gasteiger partial charge in [0.2, 0.25) is 5.96 Å². The zero-order valence-corrected chi connectivity index (χ0v) is 16.3. The van der Waals surface area contributed by atoms with Crippen LogP contribution in [0, 0.1) is 5.41 Å². The van der Waals surface area contributed by atoms with Gasteiger partial charge in [0, 0.05) is 6.54 Å². The standard InChI is InChI=1S/C19H26N4O5/c1-19(2,3)28-18(26)21-14-10-7-11-23(15(14)24)16(20)22-17(25)27-12-13-8-5-4-6-9-13/h4-6,8-9,14H,7,10-12H2,1-3H3,(H,21,26)(H2,20,22,25). The lowest BCUT2D eigenvalue weighted by atomic mass is 10.1. The van der Waals surface area contributed by atoms with E-state index in [1.54, 1.807) is 32.9 Å². The number of nitrogens with one attached hydrogen (secondary N) is 3. The minimum absolute atomic E-state index is 0.0523. The lowest BCUT2D eigenvalue weighted by Gasteiger charge is -2.32. The first-order valence-corrected chi connectivity index (χ1v) is 9.03. The number of ether oxygens (including phenoxy) is 2. The second kappa shape index (κ2) is 9.20. The number of carbonyl (C=O) groups excluding carboxylic acids is 3. The zero-order valence-electron chi connectivity index (χ0n) is 16.3. The summed E-state index contributed by atoms with van der Waals surface area (Å²) in [6.45, 7) is 5.49. The van der Waals surface area contributed by atoms with Crippen molar-refractivity contribution in [2.75, 3.05) is 6.54 Å². The highest BCUT2D eigenvalue weighted by molar-refractivity contribution is 6.04. The summed E-state index contributed by atoms with van der Waals surface area (Å²) in [5.41, 5.74) is 0.123. The normalized spacial score (nSPS) is 16.9. The lowest BCUT2D eigenvalue weighted by molar-refractivity contribution is -0.131. The number of benzene rings is 1. The van der Waals surface area contributed by atoms with Crippen LogP contribution in [0.2, 0.25) is 0 Å². The van der Waals surface area contributed by atoms with Crippen LogP contribution < -0.4 is 10.6 Å². The van der Waals surface area contributed by atoms with E-state index in [1.807, 2.05) is 18.2 Å². The van der Waals surface area contributed by atoms with Crippen LogP contribution in [0.4, 0.5) is 9.59 Å². The summed E-state index contributed by atoms with van der Waals surface area (Å²) >= 11 is 0. The molecule has 1 fully saturated rings. The van der Waals surface area contributed by atoms with Gasteiger partial charge in [-0.05, 0) is 39.2 Å². The molecule has 1 saturated heterocycles.